The van der Waals surface area contributed by atoms with Gasteiger partial charge in [-0.3, -0.25) is 4.79 Å². The normalized spacial score (nSPS) is 18.3. The molecule has 1 aliphatic heterocycles. The lowest BCUT2D eigenvalue weighted by molar-refractivity contribution is 0.0952. The van der Waals surface area contributed by atoms with E-state index < -0.39 is 0 Å². The Morgan fingerprint density at radius 3 is 3.17 bits per heavy atom. The van der Waals surface area contributed by atoms with Crippen molar-refractivity contribution in [1.82, 2.24) is 10.6 Å². The van der Waals surface area contributed by atoms with Crippen molar-refractivity contribution in [2.45, 2.75) is 25.3 Å². The van der Waals surface area contributed by atoms with E-state index in [-0.39, 0.29) is 5.91 Å². The molecule has 2 N–H and O–H groups in total. The maximum absolute atomic E-state index is 11.8. The Kier molecular flexibility index (Phi) is 4.32. The lowest BCUT2D eigenvalue weighted by Gasteiger charge is -2.10. The SMILES string of the molecule is N#Cc1cccc(C(=O)NCCC2CCCN2)c1. The Hall–Kier alpha value is -1.86. The minimum absolute atomic E-state index is 0.106. The van der Waals surface area contributed by atoms with E-state index in [9.17, 15) is 4.79 Å². The zero-order chi connectivity index (χ0) is 12.8. The second kappa shape index (κ2) is 6.18. The molecular formula is C14H17N3O. The molecule has 4 nitrogen and oxygen atoms in total. The molecule has 0 aliphatic carbocycles. The molecule has 18 heavy (non-hydrogen) atoms. The van der Waals surface area contributed by atoms with Gasteiger partial charge in [-0.25, -0.2) is 0 Å². The van der Waals surface area contributed by atoms with Gasteiger partial charge in [-0.1, -0.05) is 6.07 Å². The molecule has 0 bridgehead atoms. The first-order valence-corrected chi connectivity index (χ1v) is 6.31. The average Bonchev–Trinajstić information content (AvgIpc) is 2.92. The zero-order valence-corrected chi connectivity index (χ0v) is 10.3. The molecule has 1 saturated heterocycles. The first kappa shape index (κ1) is 12.6. The minimum Gasteiger partial charge on any atom is -0.352 e. The molecule has 1 fully saturated rings. The van der Waals surface area contributed by atoms with Crippen molar-refractivity contribution in [3.05, 3.63) is 35.4 Å². The minimum atomic E-state index is -0.106. The van der Waals surface area contributed by atoms with Crippen LogP contribution in [0.15, 0.2) is 24.3 Å². The third-order valence-corrected chi connectivity index (χ3v) is 3.19. The van der Waals surface area contributed by atoms with Gasteiger partial charge in [0.25, 0.3) is 5.91 Å². The summed E-state index contributed by atoms with van der Waals surface area (Å²) < 4.78 is 0. The summed E-state index contributed by atoms with van der Waals surface area (Å²) in [6.07, 6.45) is 3.38. The highest BCUT2D eigenvalue weighted by Gasteiger charge is 2.14. The van der Waals surface area contributed by atoms with Crippen LogP contribution >= 0.6 is 0 Å². The Bertz CT molecular complexity index is 458. The number of carbonyl (C=O) groups is 1. The summed E-state index contributed by atoms with van der Waals surface area (Å²) in [6, 6.07) is 9.33. The second-order valence-electron chi connectivity index (χ2n) is 4.53. The summed E-state index contributed by atoms with van der Waals surface area (Å²) in [7, 11) is 0. The smallest absolute Gasteiger partial charge is 0.251 e. The van der Waals surface area contributed by atoms with E-state index in [0.29, 0.717) is 23.7 Å². The summed E-state index contributed by atoms with van der Waals surface area (Å²) in [5.74, 6) is -0.106. The van der Waals surface area contributed by atoms with Crippen molar-refractivity contribution in [2.24, 2.45) is 0 Å². The average molecular weight is 243 g/mol. The van der Waals surface area contributed by atoms with Crippen LogP contribution in [-0.2, 0) is 0 Å². The maximum Gasteiger partial charge on any atom is 0.251 e. The van der Waals surface area contributed by atoms with E-state index in [2.05, 4.69) is 10.6 Å². The van der Waals surface area contributed by atoms with Gasteiger partial charge < -0.3 is 10.6 Å². The Morgan fingerprint density at radius 2 is 2.44 bits per heavy atom. The number of hydrogen-bond acceptors (Lipinski definition) is 3. The zero-order valence-electron chi connectivity index (χ0n) is 10.3. The predicted octanol–water partition coefficient (Wildman–Crippen LogP) is 1.43. The number of hydrogen-bond donors (Lipinski definition) is 2. The van der Waals surface area contributed by atoms with E-state index in [4.69, 9.17) is 5.26 Å². The molecule has 0 aromatic heterocycles. The molecule has 1 atom stereocenters. The molecule has 0 spiro atoms. The third kappa shape index (κ3) is 3.31. The fourth-order valence-electron chi connectivity index (χ4n) is 2.20. The lowest BCUT2D eigenvalue weighted by atomic mass is 10.1. The molecule has 0 radical (unpaired) electrons. The van der Waals surface area contributed by atoms with Gasteiger partial charge in [0.05, 0.1) is 11.6 Å². The molecule has 1 aromatic carbocycles. The maximum atomic E-state index is 11.8. The number of amides is 1. The van der Waals surface area contributed by atoms with Crippen LogP contribution in [0.1, 0.15) is 35.2 Å². The van der Waals surface area contributed by atoms with Gasteiger partial charge in [0.1, 0.15) is 0 Å². The molecule has 1 heterocycles. The summed E-state index contributed by atoms with van der Waals surface area (Å²) in [4.78, 5) is 11.8. The summed E-state index contributed by atoms with van der Waals surface area (Å²) >= 11 is 0. The summed E-state index contributed by atoms with van der Waals surface area (Å²) in [5.41, 5.74) is 1.06. The highest BCUT2D eigenvalue weighted by molar-refractivity contribution is 5.94. The highest BCUT2D eigenvalue weighted by Crippen LogP contribution is 2.08. The van der Waals surface area contributed by atoms with Crippen molar-refractivity contribution in [1.29, 1.82) is 5.26 Å². The van der Waals surface area contributed by atoms with Crippen LogP contribution in [0.5, 0.6) is 0 Å². The Labute approximate surface area is 107 Å². The number of benzene rings is 1. The van der Waals surface area contributed by atoms with E-state index in [1.807, 2.05) is 6.07 Å². The molecule has 4 heteroatoms. The van der Waals surface area contributed by atoms with Gasteiger partial charge in [0.2, 0.25) is 0 Å². The van der Waals surface area contributed by atoms with Gasteiger partial charge in [-0.2, -0.15) is 5.26 Å². The van der Waals surface area contributed by atoms with Crippen LogP contribution in [0, 0.1) is 11.3 Å². The van der Waals surface area contributed by atoms with Crippen LogP contribution in [0.4, 0.5) is 0 Å². The van der Waals surface area contributed by atoms with Gasteiger partial charge in [0, 0.05) is 18.2 Å². The molecular weight excluding hydrogens is 226 g/mol. The molecule has 1 aliphatic rings. The van der Waals surface area contributed by atoms with Crippen molar-refractivity contribution in [3.63, 3.8) is 0 Å². The monoisotopic (exact) mass is 243 g/mol. The number of nitriles is 1. The second-order valence-corrected chi connectivity index (χ2v) is 4.53. The van der Waals surface area contributed by atoms with E-state index in [1.165, 1.54) is 12.8 Å². The van der Waals surface area contributed by atoms with Crippen molar-refractivity contribution in [3.8, 4) is 6.07 Å². The topological polar surface area (TPSA) is 64.9 Å². The molecule has 94 valence electrons. The van der Waals surface area contributed by atoms with E-state index in [0.717, 1.165) is 13.0 Å². The fourth-order valence-corrected chi connectivity index (χ4v) is 2.20. The molecule has 0 saturated carbocycles. The van der Waals surface area contributed by atoms with Crippen LogP contribution in [0.2, 0.25) is 0 Å². The third-order valence-electron chi connectivity index (χ3n) is 3.19. The van der Waals surface area contributed by atoms with Gasteiger partial charge in [0.15, 0.2) is 0 Å². The van der Waals surface area contributed by atoms with Gasteiger partial charge >= 0.3 is 0 Å². The standard InChI is InChI=1S/C14H17N3O/c15-10-11-3-1-4-12(9-11)14(18)17-8-6-13-5-2-7-16-13/h1,3-4,9,13,16H,2,5-8H2,(H,17,18). The molecule has 1 unspecified atom stereocenters. The van der Waals surface area contributed by atoms with Crippen LogP contribution in [0.25, 0.3) is 0 Å². The number of nitrogens with zero attached hydrogens (tertiary/aromatic N) is 1. The largest absolute Gasteiger partial charge is 0.352 e. The van der Waals surface area contributed by atoms with Gasteiger partial charge in [-0.05, 0) is 44.0 Å². The van der Waals surface area contributed by atoms with Crippen LogP contribution < -0.4 is 10.6 Å². The molecule has 2 rings (SSSR count). The summed E-state index contributed by atoms with van der Waals surface area (Å²) in [5, 5.41) is 15.1. The van der Waals surface area contributed by atoms with E-state index in [1.54, 1.807) is 24.3 Å². The van der Waals surface area contributed by atoms with Crippen molar-refractivity contribution < 1.29 is 4.79 Å². The quantitative estimate of drug-likeness (QED) is 0.840. The highest BCUT2D eigenvalue weighted by atomic mass is 16.1. The first-order valence-electron chi connectivity index (χ1n) is 6.31. The van der Waals surface area contributed by atoms with Crippen LogP contribution in [0.3, 0.4) is 0 Å². The van der Waals surface area contributed by atoms with Crippen molar-refractivity contribution in [2.75, 3.05) is 13.1 Å². The number of carbonyl (C=O) groups excluding carboxylic acids is 1. The Balaban J connectivity index is 1.81. The number of rotatable bonds is 4. The molecule has 1 amide bonds. The van der Waals surface area contributed by atoms with Crippen molar-refractivity contribution >= 4 is 5.91 Å². The predicted molar refractivity (Wildman–Crippen MR) is 69.1 cm³/mol. The van der Waals surface area contributed by atoms with E-state index >= 15 is 0 Å². The van der Waals surface area contributed by atoms with Crippen LogP contribution in [-0.4, -0.2) is 25.0 Å². The Morgan fingerprint density at radius 1 is 1.56 bits per heavy atom. The lowest BCUT2D eigenvalue weighted by Crippen LogP contribution is -2.30. The first-order chi connectivity index (χ1) is 8.79. The number of nitrogens with one attached hydrogen (secondary N) is 2. The molecule has 1 aromatic rings. The fraction of sp³-hybridized carbons (Fsp3) is 0.429. The van der Waals surface area contributed by atoms with Gasteiger partial charge in [-0.15, -0.1) is 0 Å². The summed E-state index contributed by atoms with van der Waals surface area (Å²) in [6.45, 7) is 1.76.